The van der Waals surface area contributed by atoms with Crippen molar-refractivity contribution in [2.24, 2.45) is 17.6 Å². The quantitative estimate of drug-likeness (QED) is 0.154. The van der Waals surface area contributed by atoms with Gasteiger partial charge in [0, 0.05) is 6.42 Å². The second-order valence-corrected chi connectivity index (χ2v) is 10.9. The van der Waals surface area contributed by atoms with Crippen molar-refractivity contribution >= 4 is 24.2 Å². The van der Waals surface area contributed by atoms with Crippen molar-refractivity contribution in [1.82, 2.24) is 0 Å². The highest BCUT2D eigenvalue weighted by Crippen LogP contribution is 2.30. The lowest BCUT2D eigenvalue weighted by atomic mass is 10.1. The van der Waals surface area contributed by atoms with E-state index in [0.717, 1.165) is 6.42 Å². The Morgan fingerprint density at radius 3 is 1.73 bits per heavy atom. The molecule has 0 saturated heterocycles. The summed E-state index contributed by atoms with van der Waals surface area (Å²) in [7, 11) is 0. The first-order chi connectivity index (χ1) is 19.1. The van der Waals surface area contributed by atoms with Crippen molar-refractivity contribution in [3.8, 4) is 11.5 Å². The molecule has 2 unspecified atom stereocenters. The summed E-state index contributed by atoms with van der Waals surface area (Å²) in [4.78, 5) is 49.3. The summed E-state index contributed by atoms with van der Waals surface area (Å²) in [6.45, 7) is 16.2. The molecule has 0 heterocycles. The predicted octanol–water partition coefficient (Wildman–Crippen LogP) is 5.73. The number of hydrogen-bond acceptors (Lipinski definition) is 11. The third-order valence-corrected chi connectivity index (χ3v) is 6.61. The number of rotatable bonds is 15. The first-order valence-corrected chi connectivity index (χ1v) is 14.2. The Labute approximate surface area is 243 Å². The van der Waals surface area contributed by atoms with E-state index in [2.05, 4.69) is 0 Å². The highest BCUT2D eigenvalue weighted by Gasteiger charge is 2.26. The number of carbonyl (C=O) groups is 4. The van der Waals surface area contributed by atoms with E-state index in [1.165, 1.54) is 12.1 Å². The number of ether oxygens (including phenoxy) is 6. The second kappa shape index (κ2) is 17.5. The molecular weight excluding hydrogens is 534 g/mol. The van der Waals surface area contributed by atoms with Crippen molar-refractivity contribution in [2.45, 2.75) is 118 Å². The summed E-state index contributed by atoms with van der Waals surface area (Å²) in [6, 6.07) is 3.32. The van der Waals surface area contributed by atoms with Gasteiger partial charge in [-0.05, 0) is 70.1 Å². The Hall–Kier alpha value is -3.34. The molecule has 0 spiro atoms. The van der Waals surface area contributed by atoms with Gasteiger partial charge < -0.3 is 34.2 Å². The van der Waals surface area contributed by atoms with Crippen molar-refractivity contribution in [2.75, 3.05) is 0 Å². The molecule has 0 aliphatic rings. The van der Waals surface area contributed by atoms with Gasteiger partial charge in [-0.15, -0.1) is 0 Å². The summed E-state index contributed by atoms with van der Waals surface area (Å²) >= 11 is 0. The van der Waals surface area contributed by atoms with Gasteiger partial charge in [0.05, 0.1) is 0 Å². The molecule has 0 aliphatic heterocycles. The van der Waals surface area contributed by atoms with Crippen LogP contribution in [-0.2, 0) is 35.0 Å². The molecule has 0 radical (unpaired) electrons. The average Bonchev–Trinajstić information content (AvgIpc) is 2.88. The number of carbonyl (C=O) groups excluding carboxylic acids is 4. The molecule has 2 N–H and O–H groups in total. The van der Waals surface area contributed by atoms with Crippen molar-refractivity contribution in [3.63, 3.8) is 0 Å². The number of benzene rings is 1. The average molecular weight is 582 g/mol. The van der Waals surface area contributed by atoms with Gasteiger partial charge in [-0.2, -0.15) is 0 Å². The zero-order valence-corrected chi connectivity index (χ0v) is 25.8. The molecule has 0 saturated carbocycles. The van der Waals surface area contributed by atoms with E-state index in [4.69, 9.17) is 34.2 Å². The highest BCUT2D eigenvalue weighted by molar-refractivity contribution is 5.76. The third kappa shape index (κ3) is 13.2. The molecule has 0 fully saturated rings. The van der Waals surface area contributed by atoms with Gasteiger partial charge in [-0.1, -0.05) is 47.1 Å². The topological polar surface area (TPSA) is 150 Å². The minimum absolute atomic E-state index is 0.0130. The predicted molar refractivity (Wildman–Crippen MR) is 152 cm³/mol. The minimum Gasteiger partial charge on any atom is -0.459 e. The second-order valence-electron chi connectivity index (χ2n) is 10.9. The summed E-state index contributed by atoms with van der Waals surface area (Å²) < 4.78 is 31.9. The zero-order chi connectivity index (χ0) is 31.3. The van der Waals surface area contributed by atoms with Gasteiger partial charge in [0.15, 0.2) is 11.5 Å². The molecule has 1 aromatic rings. The van der Waals surface area contributed by atoms with E-state index in [1.54, 1.807) is 33.8 Å². The lowest BCUT2D eigenvalue weighted by Crippen LogP contribution is -2.39. The first-order valence-electron chi connectivity index (χ1n) is 14.2. The lowest BCUT2D eigenvalue weighted by molar-refractivity contribution is -0.166. The van der Waals surface area contributed by atoms with Crippen LogP contribution in [0.4, 0.5) is 9.59 Å². The van der Waals surface area contributed by atoms with Crippen LogP contribution in [0.15, 0.2) is 18.2 Å². The van der Waals surface area contributed by atoms with Gasteiger partial charge in [-0.3, -0.25) is 9.59 Å². The van der Waals surface area contributed by atoms with Crippen molar-refractivity contribution in [1.29, 1.82) is 0 Å². The van der Waals surface area contributed by atoms with Crippen molar-refractivity contribution in [3.05, 3.63) is 23.8 Å². The number of unbranched alkanes of at least 4 members (excludes halogenated alkanes) is 1. The van der Waals surface area contributed by atoms with E-state index < -0.39 is 48.7 Å². The van der Waals surface area contributed by atoms with Crippen molar-refractivity contribution < 1.29 is 47.6 Å². The number of esters is 2. The molecule has 232 valence electrons. The lowest BCUT2D eigenvalue weighted by Gasteiger charge is -2.22. The number of hydrogen-bond donors (Lipinski definition) is 1. The van der Waals surface area contributed by atoms with Gasteiger partial charge >= 0.3 is 24.2 Å². The maximum Gasteiger partial charge on any atom is 0.514 e. The number of nitrogens with two attached hydrogens (primary N) is 1. The van der Waals surface area contributed by atoms with E-state index in [0.29, 0.717) is 18.4 Å². The highest BCUT2D eigenvalue weighted by atomic mass is 16.8. The molecular formula is C30H47NO10. The fraction of sp³-hybridized carbons (Fsp3) is 0.667. The van der Waals surface area contributed by atoms with Gasteiger partial charge in [0.1, 0.15) is 30.5 Å². The summed E-state index contributed by atoms with van der Waals surface area (Å²) in [5, 5.41) is 0. The molecule has 0 bridgehead atoms. The van der Waals surface area contributed by atoms with Crippen LogP contribution in [0, 0.1) is 11.8 Å². The van der Waals surface area contributed by atoms with E-state index in [-0.39, 0.29) is 35.7 Å². The summed E-state index contributed by atoms with van der Waals surface area (Å²) in [5.41, 5.74) is 6.59. The van der Waals surface area contributed by atoms with Crippen LogP contribution < -0.4 is 15.2 Å². The van der Waals surface area contributed by atoms with Crippen LogP contribution in [-0.4, -0.2) is 54.7 Å². The molecule has 0 amide bonds. The Morgan fingerprint density at radius 2 is 1.22 bits per heavy atom. The Morgan fingerprint density at radius 1 is 0.707 bits per heavy atom. The third-order valence-electron chi connectivity index (χ3n) is 6.61. The summed E-state index contributed by atoms with van der Waals surface area (Å²) in [5.74, 6) is -1.13. The van der Waals surface area contributed by atoms with Gasteiger partial charge in [0.25, 0.3) is 0 Å². The SMILES string of the molecule is CCCCC(=O)O[C@@H](C)[C@H](C)OC(=O)[C@@H](N)Cc1ccc(OC(=O)OC(C)C(C)C)c(OC(=O)OC(C)C(C)C)c1. The molecule has 1 aromatic carbocycles. The summed E-state index contributed by atoms with van der Waals surface area (Å²) in [6.07, 6.45) is -2.26. The minimum atomic E-state index is -1.08. The normalized spacial score (nSPS) is 14.8. The van der Waals surface area contributed by atoms with E-state index in [9.17, 15) is 19.2 Å². The molecule has 5 atom stereocenters. The molecule has 0 aromatic heterocycles. The van der Waals surface area contributed by atoms with Crippen LogP contribution in [0.5, 0.6) is 11.5 Å². The molecule has 0 aliphatic carbocycles. The van der Waals surface area contributed by atoms with Crippen LogP contribution in [0.2, 0.25) is 0 Å². The molecule has 11 nitrogen and oxygen atoms in total. The van der Waals surface area contributed by atoms with E-state index >= 15 is 0 Å². The van der Waals surface area contributed by atoms with E-state index in [1.807, 2.05) is 34.6 Å². The molecule has 41 heavy (non-hydrogen) atoms. The van der Waals surface area contributed by atoms with Crippen LogP contribution in [0.25, 0.3) is 0 Å². The maximum atomic E-state index is 12.7. The maximum absolute atomic E-state index is 12.7. The molecule has 1 rings (SSSR count). The van der Waals surface area contributed by atoms with Gasteiger partial charge in [0.2, 0.25) is 0 Å². The Kier molecular flexibility index (Phi) is 15.2. The molecule has 11 heteroatoms. The Balaban J connectivity index is 2.99. The van der Waals surface area contributed by atoms with Crippen LogP contribution >= 0.6 is 0 Å². The standard InChI is InChI=1S/C30H47NO10/c1-10-11-12-27(32)36-21(8)22(9)37-28(33)24(31)15-23-13-14-25(40-29(34)38-19(6)17(2)3)26(16-23)41-30(35)39-20(7)18(4)5/h13-14,16-22,24H,10-12,15,31H2,1-9H3/t19?,20?,21-,22-,24-/m0/s1. The first kappa shape index (κ1) is 35.7. The monoisotopic (exact) mass is 581 g/mol. The zero-order valence-electron chi connectivity index (χ0n) is 25.8. The van der Waals surface area contributed by atoms with Crippen LogP contribution in [0.3, 0.4) is 0 Å². The smallest absolute Gasteiger partial charge is 0.459 e. The fourth-order valence-corrected chi connectivity index (χ4v) is 3.03. The van der Waals surface area contributed by atoms with Gasteiger partial charge in [-0.25, -0.2) is 9.59 Å². The fourth-order valence-electron chi connectivity index (χ4n) is 3.03. The Bertz CT molecular complexity index is 1010. The van der Waals surface area contributed by atoms with Crippen LogP contribution in [0.1, 0.15) is 87.1 Å². The largest absolute Gasteiger partial charge is 0.514 e.